The van der Waals surface area contributed by atoms with E-state index in [9.17, 15) is 4.79 Å². The molecule has 1 amide bonds. The topological polar surface area (TPSA) is 44.4 Å². The van der Waals surface area contributed by atoms with Gasteiger partial charge < -0.3 is 10.6 Å². The number of carbonyl (C=O) groups is 1. The van der Waals surface area contributed by atoms with Gasteiger partial charge in [0.2, 0.25) is 5.91 Å². The van der Waals surface area contributed by atoms with Crippen molar-refractivity contribution in [2.75, 3.05) is 33.7 Å². The predicted molar refractivity (Wildman–Crippen MR) is 96.0 cm³/mol. The van der Waals surface area contributed by atoms with Crippen LogP contribution in [0.2, 0.25) is 0 Å². The van der Waals surface area contributed by atoms with Gasteiger partial charge in [0.05, 0.1) is 0 Å². The molecule has 0 aromatic heterocycles. The molecule has 0 aliphatic carbocycles. The zero-order valence-electron chi connectivity index (χ0n) is 13.2. The fourth-order valence-electron chi connectivity index (χ4n) is 2.76. The molecule has 22 heavy (non-hydrogen) atoms. The number of benzene rings is 1. The van der Waals surface area contributed by atoms with Crippen molar-refractivity contribution >= 4 is 30.7 Å². The van der Waals surface area contributed by atoms with Gasteiger partial charge in [-0.15, -0.1) is 24.8 Å². The summed E-state index contributed by atoms with van der Waals surface area (Å²) in [5, 5.41) is 6.49. The molecule has 0 saturated carbocycles. The Kier molecular flexibility index (Phi) is 10.4. The molecule has 0 bridgehead atoms. The number of nitrogens with one attached hydrogen (secondary N) is 2. The Balaban J connectivity index is 0.00000220. The first-order valence-corrected chi connectivity index (χ1v) is 7.38. The molecule has 1 aromatic carbocycles. The Morgan fingerprint density at radius 2 is 2.00 bits per heavy atom. The fraction of sp³-hybridized carbons (Fsp3) is 0.562. The maximum absolute atomic E-state index is 12.5. The lowest BCUT2D eigenvalue weighted by Crippen LogP contribution is -2.42. The van der Waals surface area contributed by atoms with Crippen molar-refractivity contribution in [3.63, 3.8) is 0 Å². The Morgan fingerprint density at radius 3 is 2.55 bits per heavy atom. The van der Waals surface area contributed by atoms with E-state index >= 15 is 0 Å². The summed E-state index contributed by atoms with van der Waals surface area (Å²) in [6.07, 6.45) is 2.40. The van der Waals surface area contributed by atoms with Crippen LogP contribution >= 0.6 is 24.8 Å². The zero-order chi connectivity index (χ0) is 14.4. The number of carbonyl (C=O) groups excluding carboxylic acids is 1. The molecule has 2 N–H and O–H groups in total. The number of halogens is 2. The van der Waals surface area contributed by atoms with Crippen molar-refractivity contribution < 1.29 is 4.79 Å². The summed E-state index contributed by atoms with van der Waals surface area (Å²) in [5.74, 6) is 0.651. The number of hydrogen-bond donors (Lipinski definition) is 2. The van der Waals surface area contributed by atoms with Crippen molar-refractivity contribution in [1.29, 1.82) is 0 Å². The van der Waals surface area contributed by atoms with Gasteiger partial charge in [0, 0.05) is 6.54 Å². The van der Waals surface area contributed by atoms with Crippen molar-refractivity contribution in [1.82, 2.24) is 15.5 Å². The van der Waals surface area contributed by atoms with E-state index in [1.54, 1.807) is 0 Å². The Labute approximate surface area is 145 Å². The standard InChI is InChI=1S/C16H25N3O.2ClH/c1-19(2)15(14-8-4-3-5-9-14)16(20)18-12-13-7-6-10-17-11-13;;/h3-5,8-9,13,15,17H,6-7,10-12H2,1-2H3,(H,18,20);2*1H. The third-order valence-corrected chi connectivity index (χ3v) is 3.84. The van der Waals surface area contributed by atoms with Crippen LogP contribution < -0.4 is 10.6 Å². The van der Waals surface area contributed by atoms with E-state index in [-0.39, 0.29) is 36.8 Å². The lowest BCUT2D eigenvalue weighted by atomic mass is 9.99. The van der Waals surface area contributed by atoms with Gasteiger partial charge in [-0.05, 0) is 51.5 Å². The third kappa shape index (κ3) is 6.13. The van der Waals surface area contributed by atoms with E-state index in [0.29, 0.717) is 5.92 Å². The van der Waals surface area contributed by atoms with Crippen LogP contribution in [0.1, 0.15) is 24.4 Å². The SMILES string of the molecule is CN(C)C(C(=O)NCC1CCCNC1)c1ccccc1.Cl.Cl. The van der Waals surface area contributed by atoms with Crippen molar-refractivity contribution in [3.8, 4) is 0 Å². The monoisotopic (exact) mass is 347 g/mol. The summed E-state index contributed by atoms with van der Waals surface area (Å²) < 4.78 is 0. The summed E-state index contributed by atoms with van der Waals surface area (Å²) in [4.78, 5) is 14.4. The molecule has 2 rings (SSSR count). The molecule has 4 nitrogen and oxygen atoms in total. The van der Waals surface area contributed by atoms with Crippen LogP contribution in [0, 0.1) is 5.92 Å². The van der Waals surface area contributed by atoms with Crippen molar-refractivity contribution in [2.45, 2.75) is 18.9 Å². The van der Waals surface area contributed by atoms with Crippen LogP contribution in [0.3, 0.4) is 0 Å². The first kappa shape index (κ1) is 21.2. The van der Waals surface area contributed by atoms with Crippen molar-refractivity contribution in [3.05, 3.63) is 35.9 Å². The molecule has 1 fully saturated rings. The van der Waals surface area contributed by atoms with Crippen LogP contribution in [0.4, 0.5) is 0 Å². The predicted octanol–water partition coefficient (Wildman–Crippen LogP) is 2.25. The molecule has 2 atom stereocenters. The van der Waals surface area contributed by atoms with Gasteiger partial charge >= 0.3 is 0 Å². The minimum atomic E-state index is -0.215. The zero-order valence-corrected chi connectivity index (χ0v) is 14.9. The van der Waals surface area contributed by atoms with Gasteiger partial charge in [-0.3, -0.25) is 9.69 Å². The number of piperidine rings is 1. The van der Waals surface area contributed by atoms with Crippen LogP contribution in [-0.2, 0) is 4.79 Å². The summed E-state index contributed by atoms with van der Waals surface area (Å²) in [6, 6.07) is 9.72. The maximum atomic E-state index is 12.5. The van der Waals surface area contributed by atoms with E-state index < -0.39 is 0 Å². The van der Waals surface area contributed by atoms with Gasteiger partial charge in [0.15, 0.2) is 0 Å². The molecule has 1 aliphatic rings. The Morgan fingerprint density at radius 1 is 1.32 bits per heavy atom. The van der Waals surface area contributed by atoms with Gasteiger partial charge in [-0.25, -0.2) is 0 Å². The highest BCUT2D eigenvalue weighted by molar-refractivity contribution is 5.85. The number of rotatable bonds is 5. The fourth-order valence-corrected chi connectivity index (χ4v) is 2.76. The summed E-state index contributed by atoms with van der Waals surface area (Å²) in [6.45, 7) is 2.88. The molecule has 1 aromatic rings. The molecule has 1 saturated heterocycles. The Hall–Kier alpha value is -0.810. The maximum Gasteiger partial charge on any atom is 0.241 e. The van der Waals surface area contributed by atoms with E-state index in [2.05, 4.69) is 10.6 Å². The molecule has 2 unspecified atom stereocenters. The smallest absolute Gasteiger partial charge is 0.241 e. The molecule has 1 heterocycles. The second-order valence-electron chi connectivity index (χ2n) is 5.73. The molecule has 126 valence electrons. The van der Waals surface area contributed by atoms with E-state index in [4.69, 9.17) is 0 Å². The molecule has 1 aliphatic heterocycles. The largest absolute Gasteiger partial charge is 0.354 e. The minimum Gasteiger partial charge on any atom is -0.354 e. The average molecular weight is 348 g/mol. The molecule has 0 radical (unpaired) electrons. The molecular formula is C16H27Cl2N3O. The van der Waals surface area contributed by atoms with Crippen LogP contribution in [-0.4, -0.2) is 44.5 Å². The number of hydrogen-bond acceptors (Lipinski definition) is 3. The summed E-state index contributed by atoms with van der Waals surface area (Å²) in [5.41, 5.74) is 1.04. The molecule has 0 spiro atoms. The van der Waals surface area contributed by atoms with Crippen LogP contribution in [0.15, 0.2) is 30.3 Å². The second kappa shape index (κ2) is 10.8. The van der Waals surface area contributed by atoms with Crippen LogP contribution in [0.5, 0.6) is 0 Å². The number of amides is 1. The second-order valence-corrected chi connectivity index (χ2v) is 5.73. The normalized spacial score (nSPS) is 18.8. The van der Waals surface area contributed by atoms with Gasteiger partial charge in [-0.1, -0.05) is 30.3 Å². The lowest BCUT2D eigenvalue weighted by Gasteiger charge is -2.27. The Bertz CT molecular complexity index is 423. The average Bonchev–Trinajstić information content (AvgIpc) is 2.47. The summed E-state index contributed by atoms with van der Waals surface area (Å²) >= 11 is 0. The van der Waals surface area contributed by atoms with Gasteiger partial charge in [-0.2, -0.15) is 0 Å². The van der Waals surface area contributed by atoms with E-state index in [1.807, 2.05) is 49.3 Å². The van der Waals surface area contributed by atoms with E-state index in [0.717, 1.165) is 25.2 Å². The highest BCUT2D eigenvalue weighted by atomic mass is 35.5. The van der Waals surface area contributed by atoms with Crippen LogP contribution in [0.25, 0.3) is 0 Å². The quantitative estimate of drug-likeness (QED) is 0.858. The minimum absolute atomic E-state index is 0. The molecule has 6 heteroatoms. The first-order valence-electron chi connectivity index (χ1n) is 7.38. The summed E-state index contributed by atoms with van der Waals surface area (Å²) in [7, 11) is 3.89. The third-order valence-electron chi connectivity index (χ3n) is 3.84. The van der Waals surface area contributed by atoms with E-state index in [1.165, 1.54) is 12.8 Å². The van der Waals surface area contributed by atoms with Crippen molar-refractivity contribution in [2.24, 2.45) is 5.92 Å². The highest BCUT2D eigenvalue weighted by Crippen LogP contribution is 2.18. The lowest BCUT2D eigenvalue weighted by molar-refractivity contribution is -0.126. The molecular weight excluding hydrogens is 321 g/mol. The first-order chi connectivity index (χ1) is 9.68. The number of likely N-dealkylation sites (N-methyl/N-ethyl adjacent to an activating group) is 1. The highest BCUT2D eigenvalue weighted by Gasteiger charge is 2.23. The number of nitrogens with zero attached hydrogens (tertiary/aromatic N) is 1. The van der Waals surface area contributed by atoms with Gasteiger partial charge in [0.1, 0.15) is 6.04 Å². The van der Waals surface area contributed by atoms with Gasteiger partial charge in [0.25, 0.3) is 0 Å².